The van der Waals surface area contributed by atoms with Crippen LogP contribution in [0.4, 0.5) is 17.2 Å². The van der Waals surface area contributed by atoms with Crippen molar-refractivity contribution < 1.29 is 13.3 Å². The number of aryl methyl sites for hydroxylation is 1. The Balaban J connectivity index is 1.76. The van der Waals surface area contributed by atoms with Gasteiger partial charge in [-0.3, -0.25) is 15.2 Å². The third-order valence-electron chi connectivity index (χ3n) is 5.41. The molecule has 12 heteroatoms. The fourth-order valence-corrected chi connectivity index (χ4v) is 5.24. The zero-order chi connectivity index (χ0) is 22.6. The summed E-state index contributed by atoms with van der Waals surface area (Å²) in [5.41, 5.74) is 6.62. The van der Waals surface area contributed by atoms with E-state index in [0.717, 1.165) is 25.3 Å². The number of benzene rings is 1. The lowest BCUT2D eigenvalue weighted by molar-refractivity contribution is -0.384. The highest BCUT2D eigenvalue weighted by atomic mass is 32.2. The van der Waals surface area contributed by atoms with Crippen molar-refractivity contribution in [3.05, 3.63) is 39.6 Å². The Hall–Kier alpha value is -3.17. The largest absolute Gasteiger partial charge is 0.381 e. The molecule has 3 rings (SSSR count). The van der Waals surface area contributed by atoms with Crippen LogP contribution in [0.5, 0.6) is 0 Å². The minimum Gasteiger partial charge on any atom is -0.381 e. The zero-order valence-electron chi connectivity index (χ0n) is 17.2. The number of nitro benzene ring substituents is 1. The van der Waals surface area contributed by atoms with Crippen LogP contribution in [-0.4, -0.2) is 54.5 Å². The molecule has 0 bridgehead atoms. The van der Waals surface area contributed by atoms with E-state index in [2.05, 4.69) is 10.2 Å². The number of nitriles is 1. The number of hydrogen-bond donors (Lipinski definition) is 2. The summed E-state index contributed by atoms with van der Waals surface area (Å²) in [4.78, 5) is 12.7. The van der Waals surface area contributed by atoms with Crippen LogP contribution < -0.4 is 10.6 Å². The molecule has 3 N–H and O–H groups in total. The Morgan fingerprint density at radius 2 is 2.06 bits per heavy atom. The van der Waals surface area contributed by atoms with Gasteiger partial charge in [0.2, 0.25) is 10.0 Å². The Morgan fingerprint density at radius 3 is 2.71 bits per heavy atom. The Morgan fingerprint density at radius 1 is 1.35 bits per heavy atom. The lowest BCUT2D eigenvalue weighted by atomic mass is 10.1. The second kappa shape index (κ2) is 9.32. The highest BCUT2D eigenvalue weighted by Crippen LogP contribution is 2.32. The molecular weight excluding hydrogens is 422 g/mol. The number of nitrogen functional groups attached to an aromatic ring is 1. The third kappa shape index (κ3) is 4.78. The Kier molecular flexibility index (Phi) is 6.77. The lowest BCUT2D eigenvalue weighted by Gasteiger charge is -2.26. The average Bonchev–Trinajstić information content (AvgIpc) is 3.13. The predicted molar refractivity (Wildman–Crippen MR) is 115 cm³/mol. The molecule has 1 saturated heterocycles. The minimum atomic E-state index is -3.76. The summed E-state index contributed by atoms with van der Waals surface area (Å²) in [5, 5.41) is 27.3. The number of H-pyrrole nitrogens is 1. The van der Waals surface area contributed by atoms with Crippen molar-refractivity contribution in [2.75, 3.05) is 37.3 Å². The summed E-state index contributed by atoms with van der Waals surface area (Å²) in [5.74, 6) is 0.145. The summed E-state index contributed by atoms with van der Waals surface area (Å²) in [7, 11) is -2.06. The quantitative estimate of drug-likeness (QED) is 0.458. The topological polar surface area (TPSA) is 162 Å². The molecule has 1 aromatic carbocycles. The van der Waals surface area contributed by atoms with Gasteiger partial charge in [0, 0.05) is 32.7 Å². The van der Waals surface area contributed by atoms with Crippen LogP contribution >= 0.6 is 0 Å². The number of piperidine rings is 1. The number of aromatic nitrogens is 2. The van der Waals surface area contributed by atoms with Crippen LogP contribution in [0.25, 0.3) is 0 Å². The first-order valence-electron chi connectivity index (χ1n) is 9.98. The minimum absolute atomic E-state index is 0.0650. The maximum Gasteiger partial charge on any atom is 0.293 e. The molecule has 0 saturated carbocycles. The summed E-state index contributed by atoms with van der Waals surface area (Å²) in [6.07, 6.45) is 3.64. The number of nitrogens with zero attached hydrogens (tertiary/aromatic N) is 5. The van der Waals surface area contributed by atoms with E-state index < -0.39 is 14.9 Å². The molecule has 0 atom stereocenters. The van der Waals surface area contributed by atoms with E-state index in [9.17, 15) is 18.5 Å². The van der Waals surface area contributed by atoms with Gasteiger partial charge in [-0.2, -0.15) is 14.7 Å². The summed E-state index contributed by atoms with van der Waals surface area (Å²) >= 11 is 0. The standard InChI is InChI=1S/C19H25N7O4S/c1-24(9-5-6-16-15(13-20)19(21)23-22-16)17-8-7-14(12-18(17)26(27)28)31(29,30)25-10-3-2-4-11-25/h7-8,12H,2-6,9-11H2,1H3,(H3,21,22,23). The van der Waals surface area contributed by atoms with Crippen molar-refractivity contribution in [3.63, 3.8) is 0 Å². The van der Waals surface area contributed by atoms with Gasteiger partial charge in [0.25, 0.3) is 5.69 Å². The first-order chi connectivity index (χ1) is 14.8. The molecule has 0 amide bonds. The number of sulfonamides is 1. The molecule has 11 nitrogen and oxygen atoms in total. The van der Waals surface area contributed by atoms with Crippen molar-refractivity contribution in [3.8, 4) is 6.07 Å². The van der Waals surface area contributed by atoms with E-state index in [0.29, 0.717) is 49.4 Å². The molecule has 1 aromatic heterocycles. The number of aromatic amines is 1. The van der Waals surface area contributed by atoms with Gasteiger partial charge in [0.1, 0.15) is 17.3 Å². The smallest absolute Gasteiger partial charge is 0.293 e. The van der Waals surface area contributed by atoms with Crippen LogP contribution in [0.3, 0.4) is 0 Å². The van der Waals surface area contributed by atoms with E-state index in [4.69, 9.17) is 11.0 Å². The Bertz CT molecular complexity index is 1100. The van der Waals surface area contributed by atoms with Gasteiger partial charge in [0.05, 0.1) is 15.5 Å². The predicted octanol–water partition coefficient (Wildman–Crippen LogP) is 2.02. The average molecular weight is 448 g/mol. The fourth-order valence-electron chi connectivity index (χ4n) is 3.70. The first kappa shape index (κ1) is 22.5. The van der Waals surface area contributed by atoms with Crippen molar-refractivity contribution in [2.45, 2.75) is 37.0 Å². The fraction of sp³-hybridized carbons (Fsp3) is 0.474. The number of nitrogens with one attached hydrogen (secondary N) is 1. The normalized spacial score (nSPS) is 14.8. The number of nitro groups is 1. The van der Waals surface area contributed by atoms with E-state index in [1.54, 1.807) is 11.9 Å². The number of rotatable bonds is 8. The van der Waals surface area contributed by atoms with E-state index in [-0.39, 0.29) is 16.4 Å². The monoisotopic (exact) mass is 447 g/mol. The molecule has 0 unspecified atom stereocenters. The van der Waals surface area contributed by atoms with Gasteiger partial charge in [-0.25, -0.2) is 8.42 Å². The maximum atomic E-state index is 12.9. The van der Waals surface area contributed by atoms with Crippen LogP contribution in [0, 0.1) is 21.4 Å². The van der Waals surface area contributed by atoms with Crippen molar-refractivity contribution in [1.29, 1.82) is 5.26 Å². The highest BCUT2D eigenvalue weighted by molar-refractivity contribution is 7.89. The molecule has 0 spiro atoms. The van der Waals surface area contributed by atoms with Gasteiger partial charge in [0.15, 0.2) is 5.82 Å². The highest BCUT2D eigenvalue weighted by Gasteiger charge is 2.29. The van der Waals surface area contributed by atoms with E-state index in [1.165, 1.54) is 16.4 Å². The van der Waals surface area contributed by atoms with Gasteiger partial charge < -0.3 is 10.6 Å². The molecule has 1 aliphatic heterocycles. The maximum absolute atomic E-state index is 12.9. The number of nitrogens with two attached hydrogens (primary N) is 1. The van der Waals surface area contributed by atoms with Gasteiger partial charge >= 0.3 is 0 Å². The lowest BCUT2D eigenvalue weighted by Crippen LogP contribution is -2.35. The molecular formula is C19H25N7O4S. The molecule has 2 heterocycles. The van der Waals surface area contributed by atoms with Crippen molar-refractivity contribution in [2.24, 2.45) is 0 Å². The molecule has 1 fully saturated rings. The molecule has 2 aromatic rings. The molecule has 1 aliphatic rings. The second-order valence-electron chi connectivity index (χ2n) is 7.47. The SMILES string of the molecule is CN(CCCc1[nH]nc(N)c1C#N)c1ccc(S(=O)(=O)N2CCCCC2)cc1[N+](=O)[O-]. The van der Waals surface area contributed by atoms with Crippen molar-refractivity contribution in [1.82, 2.24) is 14.5 Å². The van der Waals surface area contributed by atoms with Gasteiger partial charge in [-0.1, -0.05) is 6.42 Å². The summed E-state index contributed by atoms with van der Waals surface area (Å²) in [6, 6.07) is 6.04. The molecule has 166 valence electrons. The van der Waals surface area contributed by atoms with Crippen LogP contribution in [-0.2, 0) is 16.4 Å². The van der Waals surface area contributed by atoms with Crippen molar-refractivity contribution >= 4 is 27.2 Å². The summed E-state index contributed by atoms with van der Waals surface area (Å²) < 4.78 is 27.1. The van der Waals surface area contributed by atoms with Gasteiger partial charge in [-0.15, -0.1) is 0 Å². The second-order valence-corrected chi connectivity index (χ2v) is 9.41. The molecule has 0 aliphatic carbocycles. The number of hydrogen-bond acceptors (Lipinski definition) is 8. The number of anilines is 2. The van der Waals surface area contributed by atoms with Crippen LogP contribution in [0.2, 0.25) is 0 Å². The first-order valence-corrected chi connectivity index (χ1v) is 11.4. The Labute approximate surface area is 180 Å². The van der Waals surface area contributed by atoms with E-state index in [1.807, 2.05) is 6.07 Å². The zero-order valence-corrected chi connectivity index (χ0v) is 18.1. The van der Waals surface area contributed by atoms with Crippen LogP contribution in [0.15, 0.2) is 23.1 Å². The van der Waals surface area contributed by atoms with Crippen LogP contribution in [0.1, 0.15) is 36.9 Å². The molecule has 0 radical (unpaired) electrons. The molecule has 31 heavy (non-hydrogen) atoms. The third-order valence-corrected chi connectivity index (χ3v) is 7.30. The van der Waals surface area contributed by atoms with E-state index >= 15 is 0 Å². The summed E-state index contributed by atoms with van der Waals surface area (Å²) in [6.45, 7) is 1.31. The van der Waals surface area contributed by atoms with Gasteiger partial charge in [-0.05, 0) is 37.8 Å².